The van der Waals surface area contributed by atoms with Gasteiger partial charge in [0.05, 0.1) is 6.20 Å². The molecule has 2 aromatic rings. The third kappa shape index (κ3) is 2.55. The molecule has 2 atom stereocenters. The van der Waals surface area contributed by atoms with E-state index >= 15 is 0 Å². The first-order valence-corrected chi connectivity index (χ1v) is 7.34. The number of aryl methyl sites for hydroxylation is 2. The smallest absolute Gasteiger partial charge is 0.145 e. The number of aliphatic hydroxyl groups is 1. The average Bonchev–Trinajstić information content (AvgIpc) is 3.13. The van der Waals surface area contributed by atoms with Crippen molar-refractivity contribution < 1.29 is 5.11 Å². The third-order valence-electron chi connectivity index (χ3n) is 4.34. The number of aliphatic hydroxyl groups excluding tert-OH is 1. The molecule has 1 N–H and O–H groups in total. The first-order valence-electron chi connectivity index (χ1n) is 7.34. The first-order chi connectivity index (χ1) is 10.6. The van der Waals surface area contributed by atoms with Gasteiger partial charge in [-0.1, -0.05) is 6.07 Å². The summed E-state index contributed by atoms with van der Waals surface area (Å²) in [6, 6.07) is 5.99. The highest BCUT2D eigenvalue weighted by molar-refractivity contribution is 5.47. The van der Waals surface area contributed by atoms with E-state index in [0.717, 1.165) is 30.0 Å². The Morgan fingerprint density at radius 2 is 2.23 bits per heavy atom. The second kappa shape index (κ2) is 5.78. The molecule has 3 rings (SSSR count). The Morgan fingerprint density at radius 3 is 2.86 bits per heavy atom. The molecule has 0 aliphatic carbocycles. The van der Waals surface area contributed by atoms with Crippen LogP contribution in [0.25, 0.3) is 0 Å². The number of pyridine rings is 1. The lowest BCUT2D eigenvalue weighted by atomic mass is 9.92. The van der Waals surface area contributed by atoms with Crippen LogP contribution < -0.4 is 4.90 Å². The maximum Gasteiger partial charge on any atom is 0.145 e. The lowest BCUT2D eigenvalue weighted by Gasteiger charge is -2.17. The van der Waals surface area contributed by atoms with E-state index in [2.05, 4.69) is 21.1 Å². The molecule has 0 radical (unpaired) electrons. The van der Waals surface area contributed by atoms with E-state index in [4.69, 9.17) is 5.26 Å². The lowest BCUT2D eigenvalue weighted by molar-refractivity contribution is 0.227. The molecule has 0 aromatic carbocycles. The van der Waals surface area contributed by atoms with E-state index < -0.39 is 0 Å². The fourth-order valence-corrected chi connectivity index (χ4v) is 3.06. The van der Waals surface area contributed by atoms with Crippen molar-refractivity contribution in [2.45, 2.75) is 12.8 Å². The predicted octanol–water partition coefficient (Wildman–Crippen LogP) is 1.21. The number of hydrogen-bond acceptors (Lipinski definition) is 5. The Bertz CT molecular complexity index is 718. The molecule has 114 valence electrons. The van der Waals surface area contributed by atoms with E-state index in [0.29, 0.717) is 5.69 Å². The number of nitriles is 1. The molecular weight excluding hydrogens is 278 g/mol. The Labute approximate surface area is 129 Å². The van der Waals surface area contributed by atoms with Crippen LogP contribution in [0.1, 0.15) is 22.7 Å². The standard InChI is InChI=1S/C16H19N5O/c1-11-3-4-16(19-15(11)5-17)21-8-13(10-22)14(9-21)12-6-18-20(2)7-12/h3-4,6-7,13-14,22H,8-10H2,1-2H3/t13-,14-/m0/s1. The molecule has 1 aliphatic rings. The van der Waals surface area contributed by atoms with Gasteiger partial charge >= 0.3 is 0 Å². The van der Waals surface area contributed by atoms with E-state index in [9.17, 15) is 5.11 Å². The summed E-state index contributed by atoms with van der Waals surface area (Å²) in [5.41, 5.74) is 2.48. The normalized spacial score (nSPS) is 21.1. The van der Waals surface area contributed by atoms with Crippen LogP contribution in [-0.4, -0.2) is 39.6 Å². The molecule has 1 aliphatic heterocycles. The van der Waals surface area contributed by atoms with Crippen LogP contribution in [-0.2, 0) is 7.05 Å². The molecule has 0 bridgehead atoms. The highest BCUT2D eigenvalue weighted by atomic mass is 16.3. The van der Waals surface area contributed by atoms with Crippen molar-refractivity contribution >= 4 is 5.82 Å². The summed E-state index contributed by atoms with van der Waals surface area (Å²) < 4.78 is 1.78. The Kier molecular flexibility index (Phi) is 3.82. The highest BCUT2D eigenvalue weighted by Crippen LogP contribution is 2.34. The van der Waals surface area contributed by atoms with Crippen molar-refractivity contribution in [3.05, 3.63) is 41.3 Å². The van der Waals surface area contributed by atoms with E-state index in [1.54, 1.807) is 4.68 Å². The van der Waals surface area contributed by atoms with Crippen LogP contribution in [0, 0.1) is 24.2 Å². The van der Waals surface area contributed by atoms with Gasteiger partial charge in [0.15, 0.2) is 0 Å². The molecule has 0 spiro atoms. The Balaban J connectivity index is 1.87. The van der Waals surface area contributed by atoms with Crippen LogP contribution in [0.4, 0.5) is 5.82 Å². The van der Waals surface area contributed by atoms with Gasteiger partial charge in [0.1, 0.15) is 17.6 Å². The van der Waals surface area contributed by atoms with Gasteiger partial charge in [0.2, 0.25) is 0 Å². The molecule has 1 fully saturated rings. The maximum atomic E-state index is 9.69. The monoisotopic (exact) mass is 297 g/mol. The summed E-state index contributed by atoms with van der Waals surface area (Å²) in [7, 11) is 1.89. The fourth-order valence-electron chi connectivity index (χ4n) is 3.06. The minimum atomic E-state index is 0.132. The van der Waals surface area contributed by atoms with E-state index in [-0.39, 0.29) is 18.4 Å². The lowest BCUT2D eigenvalue weighted by Crippen LogP contribution is -2.22. The zero-order chi connectivity index (χ0) is 15.7. The molecule has 6 nitrogen and oxygen atoms in total. The minimum absolute atomic E-state index is 0.132. The zero-order valence-electron chi connectivity index (χ0n) is 12.8. The molecular formula is C16H19N5O. The summed E-state index contributed by atoms with van der Waals surface area (Å²) in [4.78, 5) is 6.57. The van der Waals surface area contributed by atoms with Crippen LogP contribution in [0.2, 0.25) is 0 Å². The second-order valence-corrected chi connectivity index (χ2v) is 5.85. The quantitative estimate of drug-likeness (QED) is 0.921. The van der Waals surface area contributed by atoms with Crippen molar-refractivity contribution in [3.63, 3.8) is 0 Å². The van der Waals surface area contributed by atoms with Crippen LogP contribution in [0.5, 0.6) is 0 Å². The van der Waals surface area contributed by atoms with Gasteiger partial charge in [-0.05, 0) is 24.1 Å². The van der Waals surface area contributed by atoms with Gasteiger partial charge in [-0.3, -0.25) is 4.68 Å². The topological polar surface area (TPSA) is 78.0 Å². The Morgan fingerprint density at radius 1 is 1.41 bits per heavy atom. The SMILES string of the molecule is Cc1ccc(N2C[C@@H](CO)[C@H](c3cnn(C)c3)C2)nc1C#N. The highest BCUT2D eigenvalue weighted by Gasteiger charge is 2.34. The van der Waals surface area contributed by atoms with Crippen molar-refractivity contribution in [3.8, 4) is 6.07 Å². The summed E-state index contributed by atoms with van der Waals surface area (Å²) in [5, 5.41) is 23.0. The van der Waals surface area contributed by atoms with Crippen molar-refractivity contribution in [2.75, 3.05) is 24.6 Å². The number of aromatic nitrogens is 3. The fraction of sp³-hybridized carbons (Fsp3) is 0.438. The largest absolute Gasteiger partial charge is 0.396 e. The van der Waals surface area contributed by atoms with Gasteiger partial charge in [-0.25, -0.2) is 4.98 Å². The van der Waals surface area contributed by atoms with Gasteiger partial charge in [0, 0.05) is 44.8 Å². The summed E-state index contributed by atoms with van der Waals surface area (Å²) in [6.45, 7) is 3.52. The molecule has 3 heterocycles. The number of anilines is 1. The zero-order valence-corrected chi connectivity index (χ0v) is 12.8. The van der Waals surface area contributed by atoms with Gasteiger partial charge < -0.3 is 10.0 Å². The second-order valence-electron chi connectivity index (χ2n) is 5.85. The molecule has 0 saturated carbocycles. The van der Waals surface area contributed by atoms with Crippen molar-refractivity contribution in [1.29, 1.82) is 5.26 Å². The van der Waals surface area contributed by atoms with E-state index in [1.807, 2.05) is 38.5 Å². The van der Waals surface area contributed by atoms with Crippen LogP contribution in [0.15, 0.2) is 24.5 Å². The van der Waals surface area contributed by atoms with Crippen molar-refractivity contribution in [2.24, 2.45) is 13.0 Å². The summed E-state index contributed by atoms with van der Waals surface area (Å²) in [5.74, 6) is 1.18. The maximum absolute atomic E-state index is 9.69. The number of hydrogen-bond donors (Lipinski definition) is 1. The Hall–Kier alpha value is -2.39. The molecule has 22 heavy (non-hydrogen) atoms. The van der Waals surface area contributed by atoms with Gasteiger partial charge in [-0.2, -0.15) is 10.4 Å². The molecule has 1 saturated heterocycles. The van der Waals surface area contributed by atoms with Crippen molar-refractivity contribution in [1.82, 2.24) is 14.8 Å². The van der Waals surface area contributed by atoms with Crippen LogP contribution >= 0.6 is 0 Å². The molecule has 2 aromatic heterocycles. The third-order valence-corrected chi connectivity index (χ3v) is 4.34. The molecule has 6 heteroatoms. The predicted molar refractivity (Wildman–Crippen MR) is 82.4 cm³/mol. The number of rotatable bonds is 3. The molecule has 0 amide bonds. The average molecular weight is 297 g/mol. The minimum Gasteiger partial charge on any atom is -0.396 e. The number of nitrogens with zero attached hydrogens (tertiary/aromatic N) is 5. The van der Waals surface area contributed by atoms with Crippen LogP contribution in [0.3, 0.4) is 0 Å². The van der Waals surface area contributed by atoms with E-state index in [1.165, 1.54) is 0 Å². The summed E-state index contributed by atoms with van der Waals surface area (Å²) in [6.07, 6.45) is 3.86. The molecule has 0 unspecified atom stereocenters. The first kappa shape index (κ1) is 14.5. The van der Waals surface area contributed by atoms with Gasteiger partial charge in [0.25, 0.3) is 0 Å². The van der Waals surface area contributed by atoms with Gasteiger partial charge in [-0.15, -0.1) is 0 Å². The summed E-state index contributed by atoms with van der Waals surface area (Å²) >= 11 is 0.